The van der Waals surface area contributed by atoms with Gasteiger partial charge in [-0.25, -0.2) is 4.98 Å². The van der Waals surface area contributed by atoms with Gasteiger partial charge in [-0.3, -0.25) is 0 Å². The molecule has 0 bridgehead atoms. The summed E-state index contributed by atoms with van der Waals surface area (Å²) in [6.07, 6.45) is 0. The van der Waals surface area contributed by atoms with Crippen molar-refractivity contribution < 1.29 is 5.11 Å². The smallest absolute Gasteiger partial charge is 0.202 e. The van der Waals surface area contributed by atoms with Crippen LogP contribution in [0.25, 0.3) is 0 Å². The number of benzene rings is 1. The summed E-state index contributed by atoms with van der Waals surface area (Å²) in [6, 6.07) is 5.43. The quantitative estimate of drug-likeness (QED) is 0.888. The number of aromatic hydroxyl groups is 1. The van der Waals surface area contributed by atoms with Crippen LogP contribution in [0, 0.1) is 0 Å². The molecule has 0 unspecified atom stereocenters. The largest absolute Gasteiger partial charge is 0.507 e. The molecule has 0 aliphatic heterocycles. The first-order valence-electron chi connectivity index (χ1n) is 5.92. The topological polar surface area (TPSA) is 58.0 Å². The number of nitrogens with one attached hydrogen (secondary N) is 1. The molecule has 0 aliphatic carbocycles. The molecular weight excluding hydrogens is 326 g/mol. The first-order valence-corrected chi connectivity index (χ1v) is 7.48. The average Bonchev–Trinajstić information content (AvgIpc) is 2.79. The zero-order valence-corrected chi connectivity index (χ0v) is 13.5. The molecule has 2 N–H and O–H groups in total. The Morgan fingerprint density at radius 1 is 1.37 bits per heavy atom. The van der Waals surface area contributed by atoms with E-state index in [4.69, 9.17) is 0 Å². The predicted octanol–water partition coefficient (Wildman–Crippen LogP) is 3.92. The number of aromatic nitrogens is 2. The van der Waals surface area contributed by atoms with E-state index in [1.807, 2.05) is 12.1 Å². The van der Waals surface area contributed by atoms with E-state index >= 15 is 0 Å². The fraction of sp³-hybridized carbons (Fsp3) is 0.385. The third-order valence-corrected chi connectivity index (χ3v) is 3.86. The van der Waals surface area contributed by atoms with Crippen LogP contribution in [0.1, 0.15) is 32.2 Å². The second-order valence-electron chi connectivity index (χ2n) is 5.31. The Kier molecular flexibility index (Phi) is 4.10. The van der Waals surface area contributed by atoms with Gasteiger partial charge >= 0.3 is 0 Å². The number of phenols is 1. The number of hydrogen-bond donors (Lipinski definition) is 2. The molecule has 102 valence electrons. The van der Waals surface area contributed by atoms with Gasteiger partial charge in [-0.2, -0.15) is 4.37 Å². The molecule has 19 heavy (non-hydrogen) atoms. The number of halogens is 1. The standard InChI is InChI=1S/C13H16BrN3OS/c1-13(2,3)11-16-12(19-17-11)15-7-8-4-5-10(18)9(14)6-8/h4-6,18H,7H2,1-3H3,(H,15,16,17). The van der Waals surface area contributed by atoms with Gasteiger partial charge in [-0.05, 0) is 33.6 Å². The minimum absolute atomic E-state index is 0.0298. The molecule has 2 aromatic rings. The highest BCUT2D eigenvalue weighted by Gasteiger charge is 2.19. The molecule has 0 saturated carbocycles. The van der Waals surface area contributed by atoms with Crippen molar-refractivity contribution in [1.82, 2.24) is 9.36 Å². The maximum Gasteiger partial charge on any atom is 0.202 e. The Labute approximate surface area is 125 Å². The summed E-state index contributed by atoms with van der Waals surface area (Å²) in [4.78, 5) is 4.47. The van der Waals surface area contributed by atoms with Crippen molar-refractivity contribution in [1.29, 1.82) is 0 Å². The number of hydrogen-bond acceptors (Lipinski definition) is 5. The molecule has 1 heterocycles. The van der Waals surface area contributed by atoms with E-state index in [1.54, 1.807) is 6.07 Å². The van der Waals surface area contributed by atoms with E-state index < -0.39 is 0 Å². The predicted molar refractivity (Wildman–Crippen MR) is 81.7 cm³/mol. The third kappa shape index (κ3) is 3.67. The molecule has 1 aromatic carbocycles. The summed E-state index contributed by atoms with van der Waals surface area (Å²) in [7, 11) is 0. The number of anilines is 1. The molecule has 0 saturated heterocycles. The molecule has 1 aromatic heterocycles. The summed E-state index contributed by atoms with van der Waals surface area (Å²) in [5, 5.41) is 13.5. The minimum atomic E-state index is -0.0298. The van der Waals surface area contributed by atoms with Gasteiger partial charge in [0.1, 0.15) is 11.6 Å². The van der Waals surface area contributed by atoms with E-state index in [0.29, 0.717) is 11.0 Å². The van der Waals surface area contributed by atoms with Crippen LogP contribution >= 0.6 is 27.5 Å². The van der Waals surface area contributed by atoms with Crippen molar-refractivity contribution in [3.05, 3.63) is 34.1 Å². The van der Waals surface area contributed by atoms with Crippen molar-refractivity contribution in [2.75, 3.05) is 5.32 Å². The van der Waals surface area contributed by atoms with Crippen molar-refractivity contribution in [2.24, 2.45) is 0 Å². The maximum absolute atomic E-state index is 9.43. The van der Waals surface area contributed by atoms with Crippen LogP contribution in [0.4, 0.5) is 5.13 Å². The molecule has 0 amide bonds. The van der Waals surface area contributed by atoms with E-state index in [0.717, 1.165) is 16.5 Å². The summed E-state index contributed by atoms with van der Waals surface area (Å²) >= 11 is 4.67. The minimum Gasteiger partial charge on any atom is -0.507 e. The Morgan fingerprint density at radius 2 is 2.11 bits per heavy atom. The average molecular weight is 342 g/mol. The van der Waals surface area contributed by atoms with Crippen LogP contribution in [0.15, 0.2) is 22.7 Å². The summed E-state index contributed by atoms with van der Waals surface area (Å²) < 4.78 is 5.04. The number of nitrogens with zero attached hydrogens (tertiary/aromatic N) is 2. The highest BCUT2D eigenvalue weighted by Crippen LogP contribution is 2.26. The highest BCUT2D eigenvalue weighted by atomic mass is 79.9. The van der Waals surface area contributed by atoms with E-state index in [1.165, 1.54) is 11.5 Å². The SMILES string of the molecule is CC(C)(C)c1nsc(NCc2ccc(O)c(Br)c2)n1. The van der Waals surface area contributed by atoms with Gasteiger partial charge < -0.3 is 10.4 Å². The van der Waals surface area contributed by atoms with Crippen LogP contribution in [-0.2, 0) is 12.0 Å². The van der Waals surface area contributed by atoms with Crippen molar-refractivity contribution in [2.45, 2.75) is 32.7 Å². The summed E-state index contributed by atoms with van der Waals surface area (Å²) in [6.45, 7) is 6.93. The van der Waals surface area contributed by atoms with Gasteiger partial charge in [-0.1, -0.05) is 26.8 Å². The van der Waals surface area contributed by atoms with Crippen LogP contribution in [0.2, 0.25) is 0 Å². The normalized spacial score (nSPS) is 11.6. The van der Waals surface area contributed by atoms with Crippen molar-refractivity contribution >= 4 is 32.6 Å². The van der Waals surface area contributed by atoms with Gasteiger partial charge in [-0.15, -0.1) is 0 Å². The van der Waals surface area contributed by atoms with Gasteiger partial charge in [0, 0.05) is 23.5 Å². The molecule has 6 heteroatoms. The summed E-state index contributed by atoms with van der Waals surface area (Å²) in [5.41, 5.74) is 1.04. The Bertz CT molecular complexity index is 578. The summed E-state index contributed by atoms with van der Waals surface area (Å²) in [5.74, 6) is 1.10. The second-order valence-corrected chi connectivity index (χ2v) is 6.92. The highest BCUT2D eigenvalue weighted by molar-refractivity contribution is 9.10. The van der Waals surface area contributed by atoms with E-state index in [9.17, 15) is 5.11 Å². The zero-order valence-electron chi connectivity index (χ0n) is 11.1. The van der Waals surface area contributed by atoms with Crippen LogP contribution in [-0.4, -0.2) is 14.5 Å². The lowest BCUT2D eigenvalue weighted by Crippen LogP contribution is -2.13. The first kappa shape index (κ1) is 14.3. The van der Waals surface area contributed by atoms with Crippen LogP contribution in [0.3, 0.4) is 0 Å². The Hall–Kier alpha value is -1.14. The van der Waals surface area contributed by atoms with E-state index in [2.05, 4.69) is 51.4 Å². The third-order valence-electron chi connectivity index (χ3n) is 2.55. The molecule has 0 fully saturated rings. The molecule has 0 atom stereocenters. The monoisotopic (exact) mass is 341 g/mol. The molecule has 0 radical (unpaired) electrons. The lowest BCUT2D eigenvalue weighted by atomic mass is 9.96. The number of rotatable bonds is 3. The van der Waals surface area contributed by atoms with Crippen molar-refractivity contribution in [3.63, 3.8) is 0 Å². The lowest BCUT2D eigenvalue weighted by Gasteiger charge is -2.12. The van der Waals surface area contributed by atoms with Gasteiger partial charge in [0.25, 0.3) is 0 Å². The molecule has 0 spiro atoms. The zero-order chi connectivity index (χ0) is 14.0. The molecular formula is C13H16BrN3OS. The number of phenolic OH excluding ortho intramolecular Hbond substituents is 1. The maximum atomic E-state index is 9.43. The van der Waals surface area contributed by atoms with Crippen LogP contribution in [0.5, 0.6) is 5.75 Å². The second kappa shape index (κ2) is 5.46. The van der Waals surface area contributed by atoms with E-state index in [-0.39, 0.29) is 11.2 Å². The van der Waals surface area contributed by atoms with Gasteiger partial charge in [0.2, 0.25) is 5.13 Å². The Balaban J connectivity index is 2.02. The molecule has 2 rings (SSSR count). The van der Waals surface area contributed by atoms with Gasteiger partial charge in [0.05, 0.1) is 4.47 Å². The van der Waals surface area contributed by atoms with Crippen LogP contribution < -0.4 is 5.32 Å². The fourth-order valence-electron chi connectivity index (χ4n) is 1.44. The van der Waals surface area contributed by atoms with Crippen molar-refractivity contribution in [3.8, 4) is 5.75 Å². The van der Waals surface area contributed by atoms with Gasteiger partial charge in [0.15, 0.2) is 0 Å². The lowest BCUT2D eigenvalue weighted by molar-refractivity contribution is 0.471. The molecule has 4 nitrogen and oxygen atoms in total. The molecule has 0 aliphatic rings. The fourth-order valence-corrected chi connectivity index (χ4v) is 2.62. The first-order chi connectivity index (χ1) is 8.86. The Morgan fingerprint density at radius 3 is 2.68 bits per heavy atom.